The molecule has 0 atom stereocenters. The van der Waals surface area contributed by atoms with E-state index in [1.165, 1.54) is 4.90 Å². The number of likely N-dealkylation sites (tertiary alicyclic amines) is 1. The molecule has 0 aliphatic carbocycles. The van der Waals surface area contributed by atoms with Crippen LogP contribution in [0, 0.1) is 0 Å². The fourth-order valence-electron chi connectivity index (χ4n) is 1.00. The summed E-state index contributed by atoms with van der Waals surface area (Å²) in [5, 5.41) is 0. The van der Waals surface area contributed by atoms with Gasteiger partial charge in [0, 0.05) is 12.8 Å². The van der Waals surface area contributed by atoms with Crippen LogP contribution in [0.15, 0.2) is 0 Å². The first kappa shape index (κ1) is 9.15. The number of carbonyl (C=O) groups is 1. The van der Waals surface area contributed by atoms with E-state index in [9.17, 15) is 13.6 Å². The second-order valence-corrected chi connectivity index (χ2v) is 3.25. The minimum absolute atomic E-state index is 0.0179. The van der Waals surface area contributed by atoms with Crippen LogP contribution in [0.5, 0.6) is 0 Å². The summed E-state index contributed by atoms with van der Waals surface area (Å²) in [5.41, 5.74) is 0. The summed E-state index contributed by atoms with van der Waals surface area (Å²) in [6.45, 7) is -0.408. The number of halogens is 3. The number of carbonyl (C=O) groups excluding carboxylic acids is 1. The number of rotatable bonds is 1. The first-order valence-electron chi connectivity index (χ1n) is 3.27. The smallest absolute Gasteiger partial charge is 0.265 e. The molecule has 1 aliphatic rings. The summed E-state index contributed by atoms with van der Waals surface area (Å²) in [4.78, 5) is 12.1. The highest BCUT2D eigenvalue weighted by molar-refractivity contribution is 14.1. The van der Waals surface area contributed by atoms with Gasteiger partial charge in [0.1, 0.15) is 0 Å². The second kappa shape index (κ2) is 3.20. The van der Waals surface area contributed by atoms with Crippen molar-refractivity contribution < 1.29 is 13.6 Å². The Labute approximate surface area is 77.1 Å². The first-order chi connectivity index (χ1) is 5.05. The summed E-state index contributed by atoms with van der Waals surface area (Å²) >= 11 is 1.91. The Morgan fingerprint density at radius 2 is 2.27 bits per heavy atom. The quantitative estimate of drug-likeness (QED) is 0.404. The molecule has 1 rings (SSSR count). The number of piperidine rings is 1. The Hall–Kier alpha value is 0.0600. The van der Waals surface area contributed by atoms with Crippen LogP contribution < -0.4 is 0 Å². The van der Waals surface area contributed by atoms with Gasteiger partial charge in [-0.1, -0.05) is 22.6 Å². The molecule has 0 unspecified atom stereocenters. The number of alkyl halides is 3. The average molecular weight is 275 g/mol. The third kappa shape index (κ3) is 2.25. The lowest BCUT2D eigenvalue weighted by molar-refractivity contribution is -0.144. The average Bonchev–Trinajstić information content (AvgIpc) is 1.94. The zero-order chi connectivity index (χ0) is 8.48. The van der Waals surface area contributed by atoms with Gasteiger partial charge in [-0.3, -0.25) is 4.79 Å². The minimum Gasteiger partial charge on any atom is -0.327 e. The highest BCUT2D eigenvalue weighted by Gasteiger charge is 2.38. The molecule has 2 nitrogen and oxygen atoms in total. The van der Waals surface area contributed by atoms with E-state index in [0.717, 1.165) is 0 Å². The van der Waals surface area contributed by atoms with E-state index >= 15 is 0 Å². The van der Waals surface area contributed by atoms with Crippen LogP contribution in [-0.4, -0.2) is 27.8 Å². The SMILES string of the molecule is O=C1CCC(F)(F)CN1CI. The largest absolute Gasteiger partial charge is 0.327 e. The van der Waals surface area contributed by atoms with Gasteiger partial charge in [0.25, 0.3) is 5.92 Å². The molecule has 0 radical (unpaired) electrons. The molecule has 0 aromatic rings. The molecule has 1 fully saturated rings. The number of amides is 1. The molecule has 11 heavy (non-hydrogen) atoms. The molecule has 0 N–H and O–H groups in total. The molecular formula is C6H8F2INO. The van der Waals surface area contributed by atoms with Gasteiger partial charge in [0.15, 0.2) is 0 Å². The van der Waals surface area contributed by atoms with Gasteiger partial charge < -0.3 is 4.90 Å². The molecule has 1 saturated heterocycles. The minimum atomic E-state index is -2.67. The van der Waals surface area contributed by atoms with E-state index in [0.29, 0.717) is 4.55 Å². The van der Waals surface area contributed by atoms with Gasteiger partial charge in [0.2, 0.25) is 5.91 Å². The van der Waals surface area contributed by atoms with E-state index in [1.54, 1.807) is 0 Å². The third-order valence-electron chi connectivity index (χ3n) is 1.62. The molecule has 1 amide bonds. The molecular weight excluding hydrogens is 267 g/mol. The monoisotopic (exact) mass is 275 g/mol. The van der Waals surface area contributed by atoms with Crippen molar-refractivity contribution in [2.24, 2.45) is 0 Å². The Bertz CT molecular complexity index is 174. The van der Waals surface area contributed by atoms with E-state index in [2.05, 4.69) is 0 Å². The Kier molecular flexibility index (Phi) is 2.66. The van der Waals surface area contributed by atoms with Gasteiger partial charge >= 0.3 is 0 Å². The summed E-state index contributed by atoms with van der Waals surface area (Å²) in [7, 11) is 0. The van der Waals surface area contributed by atoms with Crippen LogP contribution in [0.4, 0.5) is 8.78 Å². The number of nitrogens with zero attached hydrogens (tertiary/aromatic N) is 1. The highest BCUT2D eigenvalue weighted by atomic mass is 127. The van der Waals surface area contributed by atoms with Crippen molar-refractivity contribution in [1.29, 1.82) is 0 Å². The maximum Gasteiger partial charge on any atom is 0.265 e. The van der Waals surface area contributed by atoms with E-state index in [-0.39, 0.29) is 18.7 Å². The topological polar surface area (TPSA) is 20.3 Å². The van der Waals surface area contributed by atoms with Crippen LogP contribution in [0.3, 0.4) is 0 Å². The summed E-state index contributed by atoms with van der Waals surface area (Å²) in [6, 6.07) is 0. The first-order valence-corrected chi connectivity index (χ1v) is 4.79. The third-order valence-corrected chi connectivity index (χ3v) is 2.45. The second-order valence-electron chi connectivity index (χ2n) is 2.57. The van der Waals surface area contributed by atoms with Crippen LogP contribution in [0.2, 0.25) is 0 Å². The molecule has 0 aromatic carbocycles. The predicted molar refractivity (Wildman–Crippen MR) is 44.8 cm³/mol. The zero-order valence-electron chi connectivity index (χ0n) is 5.82. The molecule has 1 heterocycles. The van der Waals surface area contributed by atoms with Crippen molar-refractivity contribution in [3.05, 3.63) is 0 Å². The maximum atomic E-state index is 12.6. The van der Waals surface area contributed by atoms with Crippen molar-refractivity contribution >= 4 is 28.5 Å². The van der Waals surface area contributed by atoms with Crippen molar-refractivity contribution in [3.63, 3.8) is 0 Å². The molecule has 64 valence electrons. The lowest BCUT2D eigenvalue weighted by Gasteiger charge is -2.30. The summed E-state index contributed by atoms with van der Waals surface area (Å²) < 4.78 is 25.6. The Morgan fingerprint density at radius 3 is 2.73 bits per heavy atom. The Balaban J connectivity index is 2.58. The fourth-order valence-corrected chi connectivity index (χ4v) is 1.63. The fraction of sp³-hybridized carbons (Fsp3) is 0.833. The van der Waals surface area contributed by atoms with Crippen molar-refractivity contribution in [3.8, 4) is 0 Å². The van der Waals surface area contributed by atoms with E-state index in [4.69, 9.17) is 0 Å². The standard InChI is InChI=1S/C6H8F2INO/c7-6(8)2-1-5(11)10(3-6)4-9/h1-4H2. The molecule has 5 heteroatoms. The molecule has 0 saturated carbocycles. The van der Waals surface area contributed by atoms with Gasteiger partial charge in [-0.05, 0) is 0 Å². The molecule has 0 spiro atoms. The Morgan fingerprint density at radius 1 is 1.64 bits per heavy atom. The molecule has 0 aromatic heterocycles. The summed E-state index contributed by atoms with van der Waals surface area (Å²) in [5.74, 6) is -2.83. The highest BCUT2D eigenvalue weighted by Crippen LogP contribution is 2.27. The van der Waals surface area contributed by atoms with Crippen LogP contribution in [0.25, 0.3) is 0 Å². The van der Waals surface area contributed by atoms with E-state index in [1.807, 2.05) is 22.6 Å². The van der Waals surface area contributed by atoms with Gasteiger partial charge in [-0.2, -0.15) is 0 Å². The molecule has 0 bridgehead atoms. The maximum absolute atomic E-state index is 12.6. The van der Waals surface area contributed by atoms with Crippen LogP contribution >= 0.6 is 22.6 Å². The lowest BCUT2D eigenvalue weighted by Crippen LogP contribution is -2.45. The molecule has 1 aliphatic heterocycles. The van der Waals surface area contributed by atoms with Crippen LogP contribution in [0.1, 0.15) is 12.8 Å². The zero-order valence-corrected chi connectivity index (χ0v) is 7.98. The van der Waals surface area contributed by atoms with Gasteiger partial charge in [0.05, 0.1) is 11.1 Å². The van der Waals surface area contributed by atoms with Crippen molar-refractivity contribution in [1.82, 2.24) is 4.90 Å². The van der Waals surface area contributed by atoms with E-state index < -0.39 is 12.5 Å². The van der Waals surface area contributed by atoms with Gasteiger partial charge in [-0.15, -0.1) is 0 Å². The lowest BCUT2D eigenvalue weighted by atomic mass is 10.1. The van der Waals surface area contributed by atoms with Crippen molar-refractivity contribution in [2.45, 2.75) is 18.8 Å². The van der Waals surface area contributed by atoms with Gasteiger partial charge in [-0.25, -0.2) is 8.78 Å². The van der Waals surface area contributed by atoms with Crippen LogP contribution in [-0.2, 0) is 4.79 Å². The number of hydrogen-bond donors (Lipinski definition) is 0. The van der Waals surface area contributed by atoms with Crippen molar-refractivity contribution in [2.75, 3.05) is 11.1 Å². The normalized spacial score (nSPS) is 23.9. The number of hydrogen-bond acceptors (Lipinski definition) is 1. The summed E-state index contributed by atoms with van der Waals surface area (Å²) in [6.07, 6.45) is -0.311. The predicted octanol–water partition coefficient (Wildman–Crippen LogP) is 1.64.